The van der Waals surface area contributed by atoms with Crippen LogP contribution in [0.3, 0.4) is 0 Å². The zero-order valence-electron chi connectivity index (χ0n) is 7.72. The summed E-state index contributed by atoms with van der Waals surface area (Å²) in [4.78, 5) is 4.07. The van der Waals surface area contributed by atoms with Gasteiger partial charge in [0, 0.05) is 12.3 Å². The molecular formula is C9H11N5. The van der Waals surface area contributed by atoms with Crippen LogP contribution >= 0.6 is 0 Å². The Hall–Kier alpha value is -1.49. The number of hydrogen-bond donors (Lipinski definition) is 1. The lowest BCUT2D eigenvalue weighted by atomic mass is 10.2. The van der Waals surface area contributed by atoms with E-state index in [0.717, 1.165) is 24.4 Å². The minimum absolute atomic E-state index is 0.342. The molecule has 0 spiro atoms. The Labute approximate surface area is 81.2 Å². The zero-order chi connectivity index (χ0) is 9.38. The van der Waals surface area contributed by atoms with Gasteiger partial charge in [-0.2, -0.15) is 0 Å². The molecular weight excluding hydrogens is 178 g/mol. The van der Waals surface area contributed by atoms with Crippen molar-refractivity contribution in [2.75, 3.05) is 6.54 Å². The second kappa shape index (κ2) is 3.02. The topological polar surface area (TPSA) is 55.1 Å². The average molecular weight is 189 g/mol. The standard InChI is InChI=1S/C9H11N5/c1-2-7(11-4-1)9-13-12-8-3-5-10-6-14(8)9/h3,5-7,11H,1-2,4H2. The fraction of sp³-hybridized carbons (Fsp3) is 0.444. The number of nitrogens with one attached hydrogen (secondary N) is 1. The van der Waals surface area contributed by atoms with Crippen LogP contribution in [0.15, 0.2) is 18.6 Å². The molecule has 14 heavy (non-hydrogen) atoms. The molecule has 0 amide bonds. The molecule has 3 rings (SSSR count). The molecule has 0 aromatic carbocycles. The molecule has 0 radical (unpaired) electrons. The molecule has 3 heterocycles. The SMILES string of the molecule is c1cc2nnc(C3CCCN3)n2cn1. The second-order valence-corrected chi connectivity index (χ2v) is 3.52. The Balaban J connectivity index is 2.11. The van der Waals surface area contributed by atoms with E-state index in [1.165, 1.54) is 6.42 Å². The highest BCUT2D eigenvalue weighted by molar-refractivity contribution is 5.35. The first-order valence-electron chi connectivity index (χ1n) is 4.83. The van der Waals surface area contributed by atoms with Crippen molar-refractivity contribution in [3.05, 3.63) is 24.4 Å². The molecule has 5 heteroatoms. The summed E-state index contributed by atoms with van der Waals surface area (Å²) in [6, 6.07) is 2.21. The Morgan fingerprint density at radius 3 is 3.29 bits per heavy atom. The third-order valence-electron chi connectivity index (χ3n) is 2.61. The smallest absolute Gasteiger partial charge is 0.163 e. The van der Waals surface area contributed by atoms with Crippen molar-refractivity contribution in [2.24, 2.45) is 0 Å². The van der Waals surface area contributed by atoms with E-state index in [4.69, 9.17) is 0 Å². The van der Waals surface area contributed by atoms with Crippen molar-refractivity contribution in [1.82, 2.24) is 24.9 Å². The van der Waals surface area contributed by atoms with E-state index in [9.17, 15) is 0 Å². The van der Waals surface area contributed by atoms with Crippen LogP contribution in [0.5, 0.6) is 0 Å². The zero-order valence-corrected chi connectivity index (χ0v) is 7.72. The Bertz CT molecular complexity index is 443. The van der Waals surface area contributed by atoms with Gasteiger partial charge in [-0.25, -0.2) is 4.98 Å². The van der Waals surface area contributed by atoms with Crippen LogP contribution in [-0.2, 0) is 0 Å². The van der Waals surface area contributed by atoms with Crippen LogP contribution in [-0.4, -0.2) is 26.1 Å². The lowest BCUT2D eigenvalue weighted by Gasteiger charge is -2.06. The van der Waals surface area contributed by atoms with Crippen LogP contribution in [0.2, 0.25) is 0 Å². The summed E-state index contributed by atoms with van der Waals surface area (Å²) in [6.45, 7) is 1.07. The fourth-order valence-corrected chi connectivity index (χ4v) is 1.91. The van der Waals surface area contributed by atoms with E-state index in [1.807, 2.05) is 10.5 Å². The second-order valence-electron chi connectivity index (χ2n) is 3.52. The van der Waals surface area contributed by atoms with Gasteiger partial charge in [0.25, 0.3) is 0 Å². The van der Waals surface area contributed by atoms with Gasteiger partial charge in [-0.3, -0.25) is 4.40 Å². The molecule has 0 bridgehead atoms. The summed E-state index contributed by atoms with van der Waals surface area (Å²) in [5.41, 5.74) is 0.865. The third kappa shape index (κ3) is 1.09. The monoisotopic (exact) mass is 189 g/mol. The Kier molecular flexibility index (Phi) is 1.70. The highest BCUT2D eigenvalue weighted by Crippen LogP contribution is 2.21. The van der Waals surface area contributed by atoms with Crippen molar-refractivity contribution >= 4 is 5.65 Å². The normalized spacial score (nSPS) is 21.9. The van der Waals surface area contributed by atoms with E-state index in [1.54, 1.807) is 12.5 Å². The molecule has 2 aromatic heterocycles. The van der Waals surface area contributed by atoms with Gasteiger partial charge in [-0.1, -0.05) is 0 Å². The first-order valence-corrected chi connectivity index (χ1v) is 4.83. The molecule has 1 fully saturated rings. The molecule has 5 nitrogen and oxygen atoms in total. The molecule has 0 saturated carbocycles. The largest absolute Gasteiger partial charge is 0.307 e. The van der Waals surface area contributed by atoms with Crippen LogP contribution in [0.1, 0.15) is 24.7 Å². The molecule has 1 aliphatic heterocycles. The first kappa shape index (κ1) is 7.87. The number of rotatable bonds is 1. The molecule has 72 valence electrons. The maximum atomic E-state index is 4.19. The number of fused-ring (bicyclic) bond motifs is 1. The van der Waals surface area contributed by atoms with Gasteiger partial charge in [-0.05, 0) is 19.4 Å². The van der Waals surface area contributed by atoms with E-state index < -0.39 is 0 Å². The number of hydrogen-bond acceptors (Lipinski definition) is 4. The molecule has 1 unspecified atom stereocenters. The molecule has 1 saturated heterocycles. The van der Waals surface area contributed by atoms with Gasteiger partial charge in [0.2, 0.25) is 0 Å². The molecule has 1 N–H and O–H groups in total. The summed E-state index contributed by atoms with van der Waals surface area (Å²) in [5, 5.41) is 11.7. The number of aromatic nitrogens is 4. The minimum Gasteiger partial charge on any atom is -0.307 e. The van der Waals surface area contributed by atoms with Gasteiger partial charge in [0.1, 0.15) is 6.33 Å². The summed E-state index contributed by atoms with van der Waals surface area (Å²) in [6.07, 6.45) is 5.84. The fourth-order valence-electron chi connectivity index (χ4n) is 1.91. The van der Waals surface area contributed by atoms with Crippen molar-refractivity contribution in [2.45, 2.75) is 18.9 Å². The summed E-state index contributed by atoms with van der Waals surface area (Å²) in [7, 11) is 0. The summed E-state index contributed by atoms with van der Waals surface area (Å²) in [5.74, 6) is 0.977. The number of nitrogens with zero attached hydrogens (tertiary/aromatic N) is 4. The molecule has 1 aliphatic rings. The maximum Gasteiger partial charge on any atom is 0.163 e. The van der Waals surface area contributed by atoms with Gasteiger partial charge in [0.05, 0.1) is 6.04 Å². The molecule has 1 atom stereocenters. The van der Waals surface area contributed by atoms with Gasteiger partial charge in [0.15, 0.2) is 11.5 Å². The lowest BCUT2D eigenvalue weighted by Crippen LogP contribution is -2.15. The average Bonchev–Trinajstić information content (AvgIpc) is 2.85. The quantitative estimate of drug-likeness (QED) is 0.711. The van der Waals surface area contributed by atoms with Gasteiger partial charge >= 0.3 is 0 Å². The lowest BCUT2D eigenvalue weighted by molar-refractivity contribution is 0.596. The van der Waals surface area contributed by atoms with Crippen LogP contribution < -0.4 is 5.32 Å². The predicted molar refractivity (Wildman–Crippen MR) is 50.8 cm³/mol. The van der Waals surface area contributed by atoms with E-state index >= 15 is 0 Å². The van der Waals surface area contributed by atoms with E-state index in [0.29, 0.717) is 6.04 Å². The van der Waals surface area contributed by atoms with Crippen molar-refractivity contribution < 1.29 is 0 Å². The third-order valence-corrected chi connectivity index (χ3v) is 2.61. The van der Waals surface area contributed by atoms with Gasteiger partial charge in [-0.15, -0.1) is 10.2 Å². The van der Waals surface area contributed by atoms with Crippen LogP contribution in [0, 0.1) is 0 Å². The predicted octanol–water partition coefficient (Wildman–Crippen LogP) is 0.549. The highest BCUT2D eigenvalue weighted by Gasteiger charge is 2.21. The van der Waals surface area contributed by atoms with Crippen molar-refractivity contribution in [3.63, 3.8) is 0 Å². The first-order chi connectivity index (χ1) is 6.95. The maximum absolute atomic E-state index is 4.19. The summed E-state index contributed by atoms with van der Waals surface area (Å²) < 4.78 is 1.95. The highest BCUT2D eigenvalue weighted by atomic mass is 15.3. The minimum atomic E-state index is 0.342. The molecule has 2 aromatic rings. The Morgan fingerprint density at radius 2 is 2.43 bits per heavy atom. The van der Waals surface area contributed by atoms with Crippen molar-refractivity contribution in [1.29, 1.82) is 0 Å². The summed E-state index contributed by atoms with van der Waals surface area (Å²) >= 11 is 0. The van der Waals surface area contributed by atoms with Gasteiger partial charge < -0.3 is 5.32 Å². The van der Waals surface area contributed by atoms with Crippen molar-refractivity contribution in [3.8, 4) is 0 Å². The van der Waals surface area contributed by atoms with Crippen LogP contribution in [0.25, 0.3) is 5.65 Å². The van der Waals surface area contributed by atoms with E-state index in [-0.39, 0.29) is 0 Å². The Morgan fingerprint density at radius 1 is 1.43 bits per heavy atom. The van der Waals surface area contributed by atoms with Crippen LogP contribution in [0.4, 0.5) is 0 Å². The van der Waals surface area contributed by atoms with E-state index in [2.05, 4.69) is 20.5 Å². The molecule has 0 aliphatic carbocycles.